The number of fused-ring (bicyclic) bond motifs is 1. The fourth-order valence-electron chi connectivity index (χ4n) is 2.61. The van der Waals surface area contributed by atoms with E-state index in [1.807, 2.05) is 19.1 Å². The molecule has 3 rings (SSSR count). The van der Waals surface area contributed by atoms with Gasteiger partial charge in [0.2, 0.25) is 0 Å². The smallest absolute Gasteiger partial charge is 0.342 e. The van der Waals surface area contributed by atoms with Gasteiger partial charge in [-0.3, -0.25) is 14.8 Å². The van der Waals surface area contributed by atoms with E-state index in [9.17, 15) is 9.59 Å². The standard InChI is InChI=1S/C16H15ClN4O3/c1-9-6-7-13(20-19-12-5-3-2-4-11(12)17)14-18-8-10(16(23)24)15(22)21(9)14/h2-5,8-9,19H,6-7H2,1H3,(H,23,24). The molecule has 1 atom stereocenters. The van der Waals surface area contributed by atoms with Crippen LogP contribution in [0, 0.1) is 0 Å². The summed E-state index contributed by atoms with van der Waals surface area (Å²) in [5, 5.41) is 13.9. The van der Waals surface area contributed by atoms with Gasteiger partial charge < -0.3 is 5.11 Å². The number of rotatable bonds is 3. The molecule has 1 aliphatic heterocycles. The molecule has 1 aliphatic rings. The minimum absolute atomic E-state index is 0.140. The van der Waals surface area contributed by atoms with Gasteiger partial charge in [0.05, 0.1) is 10.7 Å². The first kappa shape index (κ1) is 16.2. The molecule has 2 heterocycles. The Morgan fingerprint density at radius 3 is 2.92 bits per heavy atom. The predicted octanol–water partition coefficient (Wildman–Crippen LogP) is 2.77. The Morgan fingerprint density at radius 1 is 1.46 bits per heavy atom. The number of nitrogens with one attached hydrogen (secondary N) is 1. The summed E-state index contributed by atoms with van der Waals surface area (Å²) in [5.74, 6) is -0.906. The normalized spacial score (nSPS) is 18.2. The molecule has 0 bridgehead atoms. The molecule has 0 fully saturated rings. The van der Waals surface area contributed by atoms with Crippen LogP contribution in [0.25, 0.3) is 0 Å². The zero-order valence-corrected chi connectivity index (χ0v) is 13.6. The largest absolute Gasteiger partial charge is 0.477 e. The molecule has 8 heteroatoms. The Morgan fingerprint density at radius 2 is 2.21 bits per heavy atom. The van der Waals surface area contributed by atoms with Crippen LogP contribution in [-0.2, 0) is 0 Å². The van der Waals surface area contributed by atoms with Crippen LogP contribution in [-0.4, -0.2) is 26.3 Å². The molecule has 0 aliphatic carbocycles. The lowest BCUT2D eigenvalue weighted by atomic mass is 10.0. The minimum Gasteiger partial charge on any atom is -0.477 e. The van der Waals surface area contributed by atoms with Gasteiger partial charge in [0.25, 0.3) is 5.56 Å². The topological polar surface area (TPSA) is 96.6 Å². The number of carboxylic acids is 1. The van der Waals surface area contributed by atoms with E-state index in [1.165, 1.54) is 4.57 Å². The molecule has 2 aromatic rings. The molecule has 0 saturated carbocycles. The summed E-state index contributed by atoms with van der Waals surface area (Å²) < 4.78 is 1.39. The van der Waals surface area contributed by atoms with Crippen molar-refractivity contribution in [1.29, 1.82) is 0 Å². The Labute approximate surface area is 142 Å². The van der Waals surface area contributed by atoms with Gasteiger partial charge in [0.1, 0.15) is 11.3 Å². The molecule has 0 radical (unpaired) electrons. The summed E-state index contributed by atoms with van der Waals surface area (Å²) in [4.78, 5) is 27.7. The first-order valence-electron chi connectivity index (χ1n) is 7.41. The third-order valence-corrected chi connectivity index (χ3v) is 4.24. The molecule has 0 saturated heterocycles. The number of hydrogen-bond donors (Lipinski definition) is 2. The quantitative estimate of drug-likeness (QED) is 0.833. The lowest BCUT2D eigenvalue weighted by Gasteiger charge is -2.25. The fourth-order valence-corrected chi connectivity index (χ4v) is 2.79. The van der Waals surface area contributed by atoms with Gasteiger partial charge in [-0.15, -0.1) is 0 Å². The van der Waals surface area contributed by atoms with E-state index >= 15 is 0 Å². The van der Waals surface area contributed by atoms with Crippen LogP contribution in [0.2, 0.25) is 5.02 Å². The van der Waals surface area contributed by atoms with Crippen molar-refractivity contribution in [2.45, 2.75) is 25.8 Å². The van der Waals surface area contributed by atoms with Gasteiger partial charge >= 0.3 is 5.97 Å². The summed E-state index contributed by atoms with van der Waals surface area (Å²) in [6.45, 7) is 1.86. The van der Waals surface area contributed by atoms with Gasteiger partial charge in [-0.2, -0.15) is 5.10 Å². The molecule has 24 heavy (non-hydrogen) atoms. The average Bonchev–Trinajstić information content (AvgIpc) is 2.55. The van der Waals surface area contributed by atoms with Gasteiger partial charge in [0, 0.05) is 12.2 Å². The molecule has 0 spiro atoms. The minimum atomic E-state index is -1.28. The molecule has 124 valence electrons. The van der Waals surface area contributed by atoms with E-state index in [0.717, 1.165) is 6.20 Å². The first-order valence-corrected chi connectivity index (χ1v) is 7.79. The van der Waals surface area contributed by atoms with Crippen LogP contribution in [0.1, 0.15) is 42.0 Å². The van der Waals surface area contributed by atoms with Gasteiger partial charge in [-0.1, -0.05) is 23.7 Å². The predicted molar refractivity (Wildman–Crippen MR) is 91.0 cm³/mol. The maximum Gasteiger partial charge on any atom is 0.342 e. The molecular weight excluding hydrogens is 332 g/mol. The molecule has 1 unspecified atom stereocenters. The number of halogens is 1. The van der Waals surface area contributed by atoms with Crippen molar-refractivity contribution < 1.29 is 9.90 Å². The molecule has 7 nitrogen and oxygen atoms in total. The van der Waals surface area contributed by atoms with E-state index in [1.54, 1.807) is 12.1 Å². The highest BCUT2D eigenvalue weighted by Gasteiger charge is 2.26. The number of aromatic carboxylic acids is 1. The lowest BCUT2D eigenvalue weighted by Crippen LogP contribution is -2.37. The van der Waals surface area contributed by atoms with Crippen molar-refractivity contribution in [3.63, 3.8) is 0 Å². The summed E-state index contributed by atoms with van der Waals surface area (Å²) in [6.07, 6.45) is 2.37. The Kier molecular flexibility index (Phi) is 4.35. The molecule has 1 aromatic carbocycles. The average molecular weight is 347 g/mol. The van der Waals surface area contributed by atoms with Gasteiger partial charge in [0.15, 0.2) is 5.82 Å². The zero-order chi connectivity index (χ0) is 17.3. The van der Waals surface area contributed by atoms with Crippen LogP contribution < -0.4 is 11.0 Å². The number of aromatic nitrogens is 2. The van der Waals surface area contributed by atoms with E-state index in [2.05, 4.69) is 15.5 Å². The molecule has 2 N–H and O–H groups in total. The molecular formula is C16H15ClN4O3. The highest BCUT2D eigenvalue weighted by Crippen LogP contribution is 2.24. The highest BCUT2D eigenvalue weighted by atomic mass is 35.5. The van der Waals surface area contributed by atoms with Crippen LogP contribution >= 0.6 is 11.6 Å². The van der Waals surface area contributed by atoms with Crippen molar-refractivity contribution in [3.8, 4) is 0 Å². The number of para-hydroxylation sites is 1. The Bertz CT molecular complexity index is 891. The van der Waals surface area contributed by atoms with Crippen molar-refractivity contribution in [3.05, 3.63) is 57.2 Å². The maximum atomic E-state index is 12.4. The van der Waals surface area contributed by atoms with Gasteiger partial charge in [-0.05, 0) is 31.9 Å². The second-order valence-corrected chi connectivity index (χ2v) is 5.92. The number of anilines is 1. The Balaban J connectivity index is 2.02. The second-order valence-electron chi connectivity index (χ2n) is 5.51. The van der Waals surface area contributed by atoms with Crippen molar-refractivity contribution in [1.82, 2.24) is 9.55 Å². The summed E-state index contributed by atoms with van der Waals surface area (Å²) in [5.41, 5.74) is 3.20. The van der Waals surface area contributed by atoms with Crippen LogP contribution in [0.4, 0.5) is 5.69 Å². The van der Waals surface area contributed by atoms with Crippen molar-refractivity contribution in [2.24, 2.45) is 5.10 Å². The van der Waals surface area contributed by atoms with E-state index < -0.39 is 11.5 Å². The second kappa shape index (κ2) is 6.45. The zero-order valence-electron chi connectivity index (χ0n) is 12.9. The van der Waals surface area contributed by atoms with Crippen LogP contribution in [0.15, 0.2) is 40.4 Å². The van der Waals surface area contributed by atoms with E-state index in [4.69, 9.17) is 16.7 Å². The summed E-state index contributed by atoms with van der Waals surface area (Å²) in [6, 6.07) is 7.02. The number of benzene rings is 1. The van der Waals surface area contributed by atoms with Crippen LogP contribution in [0.5, 0.6) is 0 Å². The first-order chi connectivity index (χ1) is 11.5. The third kappa shape index (κ3) is 2.90. The van der Waals surface area contributed by atoms with Crippen LogP contribution in [0.3, 0.4) is 0 Å². The number of carbonyl (C=O) groups is 1. The van der Waals surface area contributed by atoms with Crippen molar-refractivity contribution in [2.75, 3.05) is 5.43 Å². The number of nitrogens with zero attached hydrogens (tertiary/aromatic N) is 3. The molecule has 1 aromatic heterocycles. The Hall–Kier alpha value is -2.67. The third-order valence-electron chi connectivity index (χ3n) is 3.91. The number of carboxylic acid groups (broad SMARTS) is 1. The highest BCUT2D eigenvalue weighted by molar-refractivity contribution is 6.33. The SMILES string of the molecule is CC1CCC(=NNc2ccccc2Cl)c2ncc(C(=O)O)c(=O)n21. The molecule has 0 amide bonds. The maximum absolute atomic E-state index is 12.4. The monoisotopic (exact) mass is 346 g/mol. The number of hydrazone groups is 1. The summed E-state index contributed by atoms with van der Waals surface area (Å²) in [7, 11) is 0. The lowest BCUT2D eigenvalue weighted by molar-refractivity contribution is 0.0693. The number of hydrogen-bond acceptors (Lipinski definition) is 5. The van der Waals surface area contributed by atoms with Gasteiger partial charge in [-0.25, -0.2) is 9.78 Å². The summed E-state index contributed by atoms with van der Waals surface area (Å²) >= 11 is 6.08. The fraction of sp³-hybridized carbons (Fsp3) is 0.250. The van der Waals surface area contributed by atoms with E-state index in [-0.39, 0.29) is 11.6 Å². The van der Waals surface area contributed by atoms with Crippen molar-refractivity contribution >= 4 is 29.0 Å². The van der Waals surface area contributed by atoms with E-state index in [0.29, 0.717) is 35.1 Å².